The third-order valence-corrected chi connectivity index (χ3v) is 5.34. The van der Waals surface area contributed by atoms with Crippen molar-refractivity contribution in [3.8, 4) is 0 Å². The van der Waals surface area contributed by atoms with E-state index in [1.165, 1.54) is 12.3 Å². The van der Waals surface area contributed by atoms with Crippen molar-refractivity contribution in [3.63, 3.8) is 0 Å². The Hall–Kier alpha value is -0.510. The van der Waals surface area contributed by atoms with Crippen LogP contribution in [0.2, 0.25) is 0 Å². The second-order valence-corrected chi connectivity index (χ2v) is 7.17. The molecule has 0 saturated carbocycles. The van der Waals surface area contributed by atoms with Crippen molar-refractivity contribution < 1.29 is 8.42 Å². The number of nitrogens with one attached hydrogen (secondary N) is 1. The molecule has 0 aliphatic rings. The van der Waals surface area contributed by atoms with Crippen LogP contribution >= 0.6 is 43.4 Å². The molecule has 1 aromatic heterocycles. The van der Waals surface area contributed by atoms with Crippen LogP contribution in [0.5, 0.6) is 0 Å². The van der Waals surface area contributed by atoms with Gasteiger partial charge in [0.1, 0.15) is 9.90 Å². The van der Waals surface area contributed by atoms with Crippen molar-refractivity contribution in [1.29, 1.82) is 0 Å². The highest BCUT2D eigenvalue weighted by atomic mass is 79.9. The molecule has 0 atom stereocenters. The van der Waals surface area contributed by atoms with Crippen LogP contribution < -0.4 is 4.72 Å². The van der Waals surface area contributed by atoms with E-state index in [-0.39, 0.29) is 4.90 Å². The number of nitrogens with zero attached hydrogens (tertiary/aromatic N) is 2. The van der Waals surface area contributed by atoms with Crippen molar-refractivity contribution in [3.05, 3.63) is 33.3 Å². The predicted octanol–water partition coefficient (Wildman–Crippen LogP) is 2.86. The van der Waals surface area contributed by atoms with E-state index in [1.54, 1.807) is 12.1 Å². The van der Waals surface area contributed by atoms with Crippen LogP contribution in [0, 0.1) is 0 Å². The van der Waals surface area contributed by atoms with Gasteiger partial charge in [0.15, 0.2) is 0 Å². The summed E-state index contributed by atoms with van der Waals surface area (Å²) in [5.41, 5.74) is 0. The number of sulfonamides is 1. The monoisotopic (exact) mass is 397 g/mol. The molecule has 0 aliphatic carbocycles. The summed E-state index contributed by atoms with van der Waals surface area (Å²) in [5, 5.41) is 3.93. The Labute approximate surface area is 119 Å². The van der Waals surface area contributed by atoms with Crippen molar-refractivity contribution in [2.75, 3.05) is 4.72 Å². The van der Waals surface area contributed by atoms with E-state index in [9.17, 15) is 8.42 Å². The lowest BCUT2D eigenvalue weighted by Crippen LogP contribution is -2.12. The molecule has 0 saturated heterocycles. The van der Waals surface area contributed by atoms with Crippen LogP contribution in [-0.4, -0.2) is 18.0 Å². The molecule has 5 nitrogen and oxygen atoms in total. The molecular formula is C8H5Br2N3O2S2. The Morgan fingerprint density at radius 1 is 1.29 bits per heavy atom. The van der Waals surface area contributed by atoms with Gasteiger partial charge in [-0.1, -0.05) is 20.4 Å². The predicted molar refractivity (Wildman–Crippen MR) is 72.6 cm³/mol. The highest BCUT2D eigenvalue weighted by molar-refractivity contribution is 9.11. The second-order valence-electron chi connectivity index (χ2n) is 2.96. The third-order valence-electron chi connectivity index (χ3n) is 1.78. The van der Waals surface area contributed by atoms with Crippen molar-refractivity contribution in [1.82, 2.24) is 9.59 Å². The van der Waals surface area contributed by atoms with Gasteiger partial charge in [-0.3, -0.25) is 4.72 Å². The van der Waals surface area contributed by atoms with Crippen molar-refractivity contribution in [2.45, 2.75) is 4.90 Å². The first-order chi connectivity index (χ1) is 7.99. The molecule has 90 valence electrons. The molecule has 1 aromatic carbocycles. The minimum atomic E-state index is -3.63. The van der Waals surface area contributed by atoms with E-state index in [0.29, 0.717) is 13.9 Å². The zero-order valence-electron chi connectivity index (χ0n) is 8.09. The summed E-state index contributed by atoms with van der Waals surface area (Å²) in [4.78, 5) is 0.153. The van der Waals surface area contributed by atoms with Crippen LogP contribution in [0.25, 0.3) is 0 Å². The van der Waals surface area contributed by atoms with E-state index in [1.807, 2.05) is 0 Å². The van der Waals surface area contributed by atoms with Gasteiger partial charge in [-0.05, 0) is 34.1 Å². The first-order valence-corrected chi connectivity index (χ1v) is 8.08. The average molecular weight is 399 g/mol. The molecule has 0 amide bonds. The SMILES string of the molecule is O=S(=O)(Nc1cnns1)c1cc(Br)ccc1Br. The summed E-state index contributed by atoms with van der Waals surface area (Å²) in [6.45, 7) is 0. The van der Waals surface area contributed by atoms with Gasteiger partial charge < -0.3 is 0 Å². The molecule has 9 heteroatoms. The maximum absolute atomic E-state index is 12.1. The highest BCUT2D eigenvalue weighted by Crippen LogP contribution is 2.27. The molecule has 1 heterocycles. The Bertz CT molecular complexity index is 628. The van der Waals surface area contributed by atoms with Crippen molar-refractivity contribution >= 4 is 58.4 Å². The van der Waals surface area contributed by atoms with E-state index >= 15 is 0 Å². The van der Waals surface area contributed by atoms with Crippen LogP contribution in [-0.2, 0) is 10.0 Å². The number of hydrogen-bond acceptors (Lipinski definition) is 5. The van der Waals surface area contributed by atoms with E-state index in [2.05, 4.69) is 46.2 Å². The normalized spacial score (nSPS) is 11.4. The summed E-state index contributed by atoms with van der Waals surface area (Å²) >= 11 is 7.41. The van der Waals surface area contributed by atoms with Gasteiger partial charge >= 0.3 is 0 Å². The Morgan fingerprint density at radius 2 is 2.06 bits per heavy atom. The number of anilines is 1. The van der Waals surface area contributed by atoms with Gasteiger partial charge in [0.25, 0.3) is 10.0 Å². The number of aromatic nitrogens is 2. The third kappa shape index (κ3) is 3.03. The fourth-order valence-corrected chi connectivity index (χ4v) is 4.27. The second kappa shape index (κ2) is 5.01. The standard InChI is InChI=1S/C8H5Br2N3O2S2/c9-5-1-2-6(10)7(3-5)17(14,15)12-8-4-11-13-16-8/h1-4,12H. The van der Waals surface area contributed by atoms with Crippen LogP contribution in [0.4, 0.5) is 5.00 Å². The Kier molecular flexibility index (Phi) is 3.81. The molecule has 0 aliphatic heterocycles. The van der Waals surface area contributed by atoms with Crippen LogP contribution in [0.1, 0.15) is 0 Å². The van der Waals surface area contributed by atoms with Gasteiger partial charge in [0.05, 0.1) is 6.20 Å². The largest absolute Gasteiger partial charge is 0.268 e. The van der Waals surface area contributed by atoms with E-state index < -0.39 is 10.0 Å². The zero-order chi connectivity index (χ0) is 12.5. The van der Waals surface area contributed by atoms with Crippen LogP contribution in [0.3, 0.4) is 0 Å². The van der Waals surface area contributed by atoms with Crippen molar-refractivity contribution in [2.24, 2.45) is 0 Å². The molecular weight excluding hydrogens is 394 g/mol. The number of halogens is 2. The van der Waals surface area contributed by atoms with E-state index in [0.717, 1.165) is 11.5 Å². The minimum Gasteiger partial charge on any atom is -0.268 e. The summed E-state index contributed by atoms with van der Waals surface area (Å²) in [5.74, 6) is 0. The Morgan fingerprint density at radius 3 is 2.71 bits per heavy atom. The molecule has 2 rings (SSSR count). The molecule has 17 heavy (non-hydrogen) atoms. The molecule has 0 spiro atoms. The maximum atomic E-state index is 12.1. The minimum absolute atomic E-state index is 0.153. The number of hydrogen-bond donors (Lipinski definition) is 1. The Balaban J connectivity index is 2.41. The fourth-order valence-electron chi connectivity index (χ4n) is 1.08. The topological polar surface area (TPSA) is 72.0 Å². The molecule has 0 fully saturated rings. The first-order valence-electron chi connectivity index (χ1n) is 4.24. The number of benzene rings is 1. The van der Waals surface area contributed by atoms with Gasteiger partial charge in [-0.2, -0.15) is 0 Å². The van der Waals surface area contributed by atoms with Gasteiger partial charge in [0.2, 0.25) is 0 Å². The van der Waals surface area contributed by atoms with Gasteiger partial charge in [-0.15, -0.1) is 5.10 Å². The van der Waals surface area contributed by atoms with Gasteiger partial charge in [0, 0.05) is 20.5 Å². The number of rotatable bonds is 3. The quantitative estimate of drug-likeness (QED) is 0.862. The lowest BCUT2D eigenvalue weighted by Gasteiger charge is -2.07. The molecule has 0 radical (unpaired) electrons. The smallest absolute Gasteiger partial charge is 0.263 e. The average Bonchev–Trinajstić information content (AvgIpc) is 2.73. The molecule has 2 aromatic rings. The summed E-state index contributed by atoms with van der Waals surface area (Å²) in [7, 11) is -3.63. The highest BCUT2D eigenvalue weighted by Gasteiger charge is 2.18. The zero-order valence-corrected chi connectivity index (χ0v) is 12.9. The molecule has 1 N–H and O–H groups in total. The van der Waals surface area contributed by atoms with Crippen LogP contribution in [0.15, 0.2) is 38.2 Å². The summed E-state index contributed by atoms with van der Waals surface area (Å²) < 4.78 is 31.3. The van der Waals surface area contributed by atoms with Gasteiger partial charge in [-0.25, -0.2) is 8.42 Å². The van der Waals surface area contributed by atoms with E-state index in [4.69, 9.17) is 0 Å². The lowest BCUT2D eigenvalue weighted by atomic mass is 10.4. The first kappa shape index (κ1) is 12.9. The maximum Gasteiger partial charge on any atom is 0.263 e. The molecule has 0 unspecified atom stereocenters. The lowest BCUT2D eigenvalue weighted by molar-refractivity contribution is 0.601. The molecule has 0 bridgehead atoms. The summed E-state index contributed by atoms with van der Waals surface area (Å²) in [6, 6.07) is 4.92. The fraction of sp³-hybridized carbons (Fsp3) is 0. The summed E-state index contributed by atoms with van der Waals surface area (Å²) in [6.07, 6.45) is 1.36.